The molecule has 3 N–H and O–H groups in total. The number of nitrogens with two attached hydrogens (primary N) is 1. The van der Waals surface area contributed by atoms with E-state index in [0.29, 0.717) is 17.1 Å². The van der Waals surface area contributed by atoms with Gasteiger partial charge in [0.25, 0.3) is 17.7 Å². The van der Waals surface area contributed by atoms with Gasteiger partial charge in [0.2, 0.25) is 18.3 Å². The number of ether oxygens (including phenoxy) is 2. The highest BCUT2D eigenvalue weighted by atomic mass is 32.2. The van der Waals surface area contributed by atoms with Gasteiger partial charge in [-0.25, -0.2) is 4.57 Å². The van der Waals surface area contributed by atoms with Crippen molar-refractivity contribution in [1.82, 2.24) is 29.2 Å². The summed E-state index contributed by atoms with van der Waals surface area (Å²) < 4.78 is 17.2. The number of β-lactam (4-membered cyclic amide) rings is 1. The Hall–Kier alpha value is -4.29. The minimum atomic E-state index is -1.49. The van der Waals surface area contributed by atoms with E-state index >= 15 is 0 Å². The molecule has 0 radical (unpaired) electrons. The lowest BCUT2D eigenvalue weighted by molar-refractivity contribution is -0.662. The molecule has 1 fully saturated rings. The molecular formula is C21H21N9O7S2. The molecular weight excluding hydrogens is 554 g/mol. The molecule has 0 aliphatic carbocycles. The van der Waals surface area contributed by atoms with Gasteiger partial charge >= 0.3 is 5.65 Å². The smallest absolute Gasteiger partial charge is 0.307 e. The molecule has 2 atom stereocenters. The average Bonchev–Trinajstić information content (AvgIpc) is 3.54. The average molecular weight is 576 g/mol. The Balaban J connectivity index is 1.36. The number of carbonyl (C=O) groups excluding carboxylic acids is 3. The minimum Gasteiger partial charge on any atom is -0.543 e. The Morgan fingerprint density at radius 3 is 2.87 bits per heavy atom. The van der Waals surface area contributed by atoms with Crippen LogP contribution in [0, 0.1) is 0 Å². The van der Waals surface area contributed by atoms with Gasteiger partial charge < -0.3 is 35.3 Å². The summed E-state index contributed by atoms with van der Waals surface area (Å²) in [6.07, 6.45) is 3.45. The number of nitrogen functional groups attached to an aromatic ring is 1. The molecule has 0 saturated carbocycles. The number of aromatic nitrogens is 5. The van der Waals surface area contributed by atoms with Gasteiger partial charge in [-0.15, -0.1) is 11.8 Å². The number of carbonyl (C=O) groups is 3. The summed E-state index contributed by atoms with van der Waals surface area (Å²) in [5.74, 6) is -2.30. The third-order valence-corrected chi connectivity index (χ3v) is 7.67. The number of amides is 2. The van der Waals surface area contributed by atoms with Gasteiger partial charge in [-0.2, -0.15) is 9.36 Å². The molecule has 0 aromatic carbocycles. The molecule has 5 rings (SSSR count). The van der Waals surface area contributed by atoms with Gasteiger partial charge in [0.15, 0.2) is 11.3 Å². The maximum absolute atomic E-state index is 13.1. The summed E-state index contributed by atoms with van der Waals surface area (Å²) in [5.41, 5.74) is 6.24. The highest BCUT2D eigenvalue weighted by molar-refractivity contribution is 8.00. The van der Waals surface area contributed by atoms with Crippen molar-refractivity contribution in [3.8, 4) is 5.88 Å². The maximum Gasteiger partial charge on any atom is 0.307 e. The van der Waals surface area contributed by atoms with E-state index in [1.54, 1.807) is 33.6 Å². The molecule has 5 heterocycles. The fourth-order valence-electron chi connectivity index (χ4n) is 4.08. The summed E-state index contributed by atoms with van der Waals surface area (Å²) >= 11 is 2.16. The first-order valence-corrected chi connectivity index (χ1v) is 13.0. The first-order valence-electron chi connectivity index (χ1n) is 11.2. The summed E-state index contributed by atoms with van der Waals surface area (Å²) in [5, 5.41) is 22.2. The van der Waals surface area contributed by atoms with Crippen LogP contribution in [0.15, 0.2) is 41.0 Å². The predicted molar refractivity (Wildman–Crippen MR) is 133 cm³/mol. The first kappa shape index (κ1) is 26.3. The zero-order chi connectivity index (χ0) is 27.7. The van der Waals surface area contributed by atoms with E-state index in [1.165, 1.54) is 26.0 Å². The topological polar surface area (TPSA) is 203 Å². The van der Waals surface area contributed by atoms with Crippen LogP contribution in [0.4, 0.5) is 5.13 Å². The number of oxime groups is 1. The summed E-state index contributed by atoms with van der Waals surface area (Å²) in [4.78, 5) is 48.3. The second-order valence-electron chi connectivity index (χ2n) is 8.14. The number of nitrogens with zero attached hydrogens (tertiary/aromatic N) is 7. The normalized spacial score (nSPS) is 19.1. The van der Waals surface area contributed by atoms with Crippen molar-refractivity contribution in [2.24, 2.45) is 5.16 Å². The van der Waals surface area contributed by atoms with E-state index in [4.69, 9.17) is 20.0 Å². The van der Waals surface area contributed by atoms with Crippen LogP contribution in [0.3, 0.4) is 0 Å². The van der Waals surface area contributed by atoms with Crippen LogP contribution in [0.2, 0.25) is 0 Å². The molecule has 2 aliphatic rings. The van der Waals surface area contributed by atoms with E-state index in [-0.39, 0.29) is 41.5 Å². The molecule has 0 unspecified atom stereocenters. The fourth-order valence-corrected chi connectivity index (χ4v) is 5.85. The van der Waals surface area contributed by atoms with Crippen molar-refractivity contribution < 1.29 is 38.4 Å². The number of hydrogen-bond donors (Lipinski definition) is 2. The number of fused-ring (bicyclic) bond motifs is 2. The van der Waals surface area contributed by atoms with Gasteiger partial charge in [-0.3, -0.25) is 14.5 Å². The molecule has 204 valence electrons. The summed E-state index contributed by atoms with van der Waals surface area (Å²) in [6, 6.07) is 2.44. The number of imidazole rings is 1. The van der Waals surface area contributed by atoms with Crippen molar-refractivity contribution in [3.63, 3.8) is 0 Å². The molecule has 2 aliphatic heterocycles. The van der Waals surface area contributed by atoms with Gasteiger partial charge in [0.1, 0.15) is 24.2 Å². The van der Waals surface area contributed by atoms with Crippen LogP contribution in [0.25, 0.3) is 5.65 Å². The van der Waals surface area contributed by atoms with E-state index in [0.717, 1.165) is 16.4 Å². The van der Waals surface area contributed by atoms with Gasteiger partial charge in [0.05, 0.1) is 18.8 Å². The fraction of sp³-hybridized carbons (Fsp3) is 0.333. The van der Waals surface area contributed by atoms with Crippen molar-refractivity contribution in [2.75, 3.05) is 32.5 Å². The zero-order valence-electron chi connectivity index (χ0n) is 20.5. The molecule has 1 saturated heterocycles. The van der Waals surface area contributed by atoms with Crippen LogP contribution >= 0.6 is 23.3 Å². The largest absolute Gasteiger partial charge is 0.543 e. The number of anilines is 1. The SMILES string of the molecule is COCO/N=C(\C(=O)N[C@@H]1C(=O)N2C(C(=O)[O-])=C(C[n+]3ccn4nc(OC)ccc43)CS[C@H]12)c1nsc(N)n1. The number of hydrogen-bond acceptors (Lipinski definition) is 14. The van der Waals surface area contributed by atoms with Crippen molar-refractivity contribution in [3.05, 3.63) is 41.6 Å². The highest BCUT2D eigenvalue weighted by Crippen LogP contribution is 2.40. The second-order valence-corrected chi connectivity index (χ2v) is 10.0. The highest BCUT2D eigenvalue weighted by Gasteiger charge is 2.53. The first-order chi connectivity index (χ1) is 18.8. The molecule has 18 heteroatoms. The van der Waals surface area contributed by atoms with Crippen LogP contribution in [-0.2, 0) is 30.5 Å². The number of nitrogens with one attached hydrogen (secondary N) is 1. The minimum absolute atomic E-state index is 0.0902. The molecule has 3 aromatic heterocycles. The molecule has 2 amide bonds. The van der Waals surface area contributed by atoms with Crippen LogP contribution in [0.1, 0.15) is 5.82 Å². The van der Waals surface area contributed by atoms with E-state index < -0.39 is 29.2 Å². The number of methoxy groups -OCH3 is 2. The predicted octanol–water partition coefficient (Wildman–Crippen LogP) is -2.51. The van der Waals surface area contributed by atoms with E-state index in [1.807, 2.05) is 0 Å². The van der Waals surface area contributed by atoms with Crippen LogP contribution in [0.5, 0.6) is 5.88 Å². The van der Waals surface area contributed by atoms with Gasteiger partial charge in [0, 0.05) is 42.1 Å². The van der Waals surface area contributed by atoms with Crippen LogP contribution < -0.4 is 25.5 Å². The Labute approximate surface area is 228 Å². The third kappa shape index (κ3) is 4.95. The van der Waals surface area contributed by atoms with Crippen LogP contribution in [-0.4, -0.2) is 85.5 Å². The molecule has 39 heavy (non-hydrogen) atoms. The molecule has 16 nitrogen and oxygen atoms in total. The quantitative estimate of drug-likeness (QED) is 0.0643. The number of carboxylic acid groups (broad SMARTS) is 1. The van der Waals surface area contributed by atoms with Gasteiger partial charge in [-0.1, -0.05) is 9.67 Å². The lowest BCUT2D eigenvalue weighted by atomic mass is 10.0. The van der Waals surface area contributed by atoms with E-state index in [9.17, 15) is 19.5 Å². The Morgan fingerprint density at radius 2 is 2.18 bits per heavy atom. The number of thioether (sulfide) groups is 1. The lowest BCUT2D eigenvalue weighted by Gasteiger charge is -2.50. The lowest BCUT2D eigenvalue weighted by Crippen LogP contribution is -2.71. The standard InChI is InChI=1S/C21H21N9O7S2/c1-35-9-37-26-13(16-24-21(22)39-27-16)17(31)23-14-18(32)30-15(20(33)34)10(8-38-19(14)30)7-28-5-6-29-12(28)4-3-11(25-29)36-2/h3-6,14,19H,7-9H2,1-2H3,(H3-,22,23,24,27,31,33,34)/b26-13-/t14-,19-/m1/s1. The van der Waals surface area contributed by atoms with Crippen molar-refractivity contribution in [1.29, 1.82) is 0 Å². The Bertz CT molecular complexity index is 1520. The number of rotatable bonds is 10. The zero-order valence-corrected chi connectivity index (χ0v) is 22.1. The molecule has 0 bridgehead atoms. The van der Waals surface area contributed by atoms with E-state index in [2.05, 4.69) is 24.9 Å². The molecule has 0 spiro atoms. The number of carboxylic acids is 1. The Kier molecular flexibility index (Phi) is 7.31. The second kappa shape index (κ2) is 10.8. The monoisotopic (exact) mass is 575 g/mol. The summed E-state index contributed by atoms with van der Waals surface area (Å²) in [6.45, 7) is -0.0642. The third-order valence-electron chi connectivity index (χ3n) is 5.79. The van der Waals surface area contributed by atoms with Crippen molar-refractivity contribution in [2.45, 2.75) is 18.0 Å². The number of aliphatic carboxylic acids is 1. The maximum atomic E-state index is 13.1. The molecule has 3 aromatic rings. The van der Waals surface area contributed by atoms with Gasteiger partial charge in [-0.05, 0) is 5.10 Å². The Morgan fingerprint density at radius 1 is 1.36 bits per heavy atom. The summed E-state index contributed by atoms with van der Waals surface area (Å²) in [7, 11) is 2.88. The van der Waals surface area contributed by atoms with Crippen molar-refractivity contribution >= 4 is 57.6 Å².